The quantitative estimate of drug-likeness (QED) is 0.916. The van der Waals surface area contributed by atoms with Crippen LogP contribution >= 0.6 is 0 Å². The van der Waals surface area contributed by atoms with E-state index in [0.717, 1.165) is 23.5 Å². The van der Waals surface area contributed by atoms with Gasteiger partial charge in [-0.3, -0.25) is 4.90 Å². The number of aryl methyl sites for hydroxylation is 1. The Hall–Kier alpha value is -1.62. The van der Waals surface area contributed by atoms with E-state index >= 15 is 0 Å². The van der Waals surface area contributed by atoms with Crippen molar-refractivity contribution in [2.45, 2.75) is 40.2 Å². The van der Waals surface area contributed by atoms with E-state index in [9.17, 15) is 4.79 Å². The first-order valence-corrected chi connectivity index (χ1v) is 7.09. The van der Waals surface area contributed by atoms with E-state index in [2.05, 4.69) is 24.1 Å². The number of nitrogens with zero attached hydrogens (tertiary/aromatic N) is 2. The van der Waals surface area contributed by atoms with Crippen LogP contribution < -0.4 is 10.2 Å². The summed E-state index contributed by atoms with van der Waals surface area (Å²) in [4.78, 5) is 18.3. The lowest BCUT2D eigenvalue weighted by Crippen LogP contribution is -2.30. The Morgan fingerprint density at radius 3 is 2.65 bits per heavy atom. The van der Waals surface area contributed by atoms with E-state index in [-0.39, 0.29) is 12.2 Å². The molecule has 0 unspecified atom stereocenters. The molecule has 1 N–H and O–H groups in total. The molecule has 1 aromatic heterocycles. The molecule has 0 radical (unpaired) electrons. The van der Waals surface area contributed by atoms with Crippen molar-refractivity contribution in [3.8, 4) is 0 Å². The van der Waals surface area contributed by atoms with Crippen LogP contribution in [-0.2, 0) is 11.2 Å². The van der Waals surface area contributed by atoms with Crippen molar-refractivity contribution in [1.82, 2.24) is 10.3 Å². The molecule has 2 rings (SSSR count). The molecule has 0 aliphatic carbocycles. The zero-order valence-electron chi connectivity index (χ0n) is 12.9. The molecule has 5 heteroatoms. The number of hydrogen-bond donors (Lipinski definition) is 1. The average molecular weight is 277 g/mol. The lowest BCUT2D eigenvalue weighted by Gasteiger charge is -2.19. The van der Waals surface area contributed by atoms with Gasteiger partial charge < -0.3 is 10.1 Å². The maximum absolute atomic E-state index is 12.0. The number of rotatable bonds is 4. The van der Waals surface area contributed by atoms with Crippen LogP contribution in [0.4, 0.5) is 10.6 Å². The summed E-state index contributed by atoms with van der Waals surface area (Å²) < 4.78 is 5.34. The topological polar surface area (TPSA) is 54.5 Å². The summed E-state index contributed by atoms with van der Waals surface area (Å²) in [6, 6.07) is 0. The standard InChI is InChI=1S/C15H23N3O2/c1-6-13-9(2)10(3)14(17-11(13)4)18-8-12(7-16-5)20-15(18)19/h12,16H,6-8H2,1-5H3/t12-/m0/s1. The van der Waals surface area contributed by atoms with Crippen LogP contribution in [0.25, 0.3) is 0 Å². The number of pyridine rings is 1. The minimum atomic E-state index is -0.302. The van der Waals surface area contributed by atoms with Gasteiger partial charge in [0.1, 0.15) is 11.9 Å². The van der Waals surface area contributed by atoms with Crippen LogP contribution in [-0.4, -0.2) is 37.3 Å². The molecule has 110 valence electrons. The predicted molar refractivity (Wildman–Crippen MR) is 79.4 cm³/mol. The summed E-state index contributed by atoms with van der Waals surface area (Å²) in [5.41, 5.74) is 4.55. The molecule has 20 heavy (non-hydrogen) atoms. The van der Waals surface area contributed by atoms with Crippen LogP contribution in [0.2, 0.25) is 0 Å². The van der Waals surface area contributed by atoms with Crippen LogP contribution in [0, 0.1) is 20.8 Å². The van der Waals surface area contributed by atoms with Gasteiger partial charge in [-0.25, -0.2) is 9.78 Å². The van der Waals surface area contributed by atoms with Gasteiger partial charge >= 0.3 is 6.09 Å². The number of amides is 1. The van der Waals surface area contributed by atoms with Gasteiger partial charge in [-0.2, -0.15) is 0 Å². The van der Waals surface area contributed by atoms with E-state index in [1.807, 2.05) is 20.9 Å². The van der Waals surface area contributed by atoms with Crippen LogP contribution in [0.15, 0.2) is 0 Å². The summed E-state index contributed by atoms with van der Waals surface area (Å²) in [7, 11) is 1.85. The van der Waals surface area contributed by atoms with Crippen LogP contribution in [0.5, 0.6) is 0 Å². The van der Waals surface area contributed by atoms with Gasteiger partial charge in [-0.15, -0.1) is 0 Å². The highest BCUT2D eigenvalue weighted by Gasteiger charge is 2.34. The summed E-state index contributed by atoms with van der Waals surface area (Å²) in [6.07, 6.45) is 0.544. The zero-order chi connectivity index (χ0) is 14.9. The summed E-state index contributed by atoms with van der Waals surface area (Å²) in [6.45, 7) is 9.46. The van der Waals surface area contributed by atoms with E-state index in [1.54, 1.807) is 4.90 Å². The van der Waals surface area contributed by atoms with Crippen LogP contribution in [0.1, 0.15) is 29.3 Å². The molecule has 5 nitrogen and oxygen atoms in total. The number of nitrogens with one attached hydrogen (secondary N) is 1. The molecule has 1 aliphatic rings. The Balaban J connectivity index is 2.36. The molecule has 1 atom stereocenters. The number of cyclic esters (lactones) is 1. The number of ether oxygens (including phenoxy) is 1. The van der Waals surface area contributed by atoms with E-state index in [4.69, 9.17) is 4.74 Å². The molecule has 0 aromatic carbocycles. The first kappa shape index (κ1) is 14.8. The first-order chi connectivity index (χ1) is 9.49. The molecule has 1 saturated heterocycles. The minimum Gasteiger partial charge on any atom is -0.443 e. The molecule has 1 aromatic rings. The maximum Gasteiger partial charge on any atom is 0.416 e. The van der Waals surface area contributed by atoms with Crippen molar-refractivity contribution in [3.63, 3.8) is 0 Å². The Bertz CT molecular complexity index is 528. The molecule has 0 spiro atoms. The van der Waals surface area contributed by atoms with Crippen molar-refractivity contribution in [1.29, 1.82) is 0 Å². The third kappa shape index (κ3) is 2.50. The van der Waals surface area contributed by atoms with Crippen molar-refractivity contribution in [3.05, 3.63) is 22.4 Å². The summed E-state index contributed by atoms with van der Waals surface area (Å²) >= 11 is 0. The van der Waals surface area contributed by atoms with E-state index in [1.165, 1.54) is 11.1 Å². The molecule has 1 fully saturated rings. The average Bonchev–Trinajstić information content (AvgIpc) is 2.76. The van der Waals surface area contributed by atoms with Gasteiger partial charge in [0.05, 0.1) is 6.54 Å². The Morgan fingerprint density at radius 1 is 1.35 bits per heavy atom. The highest BCUT2D eigenvalue weighted by atomic mass is 16.6. The van der Waals surface area contributed by atoms with E-state index < -0.39 is 0 Å². The summed E-state index contributed by atoms with van der Waals surface area (Å²) in [5.74, 6) is 0.737. The van der Waals surface area contributed by atoms with Gasteiger partial charge in [0.25, 0.3) is 0 Å². The molecule has 1 aliphatic heterocycles. The number of anilines is 1. The second kappa shape index (κ2) is 5.79. The lowest BCUT2D eigenvalue weighted by atomic mass is 10.0. The van der Waals surface area contributed by atoms with E-state index in [0.29, 0.717) is 13.1 Å². The second-order valence-electron chi connectivity index (χ2n) is 5.28. The number of carbonyl (C=O) groups is 1. The fraction of sp³-hybridized carbons (Fsp3) is 0.600. The van der Waals surface area contributed by atoms with Crippen LogP contribution in [0.3, 0.4) is 0 Å². The fourth-order valence-corrected chi connectivity index (χ4v) is 2.79. The second-order valence-corrected chi connectivity index (χ2v) is 5.28. The molecule has 0 saturated carbocycles. The maximum atomic E-state index is 12.0. The highest BCUT2D eigenvalue weighted by molar-refractivity contribution is 5.89. The SMILES string of the molecule is CCc1c(C)nc(N2C[C@H](CNC)OC2=O)c(C)c1C. The largest absolute Gasteiger partial charge is 0.443 e. The third-order valence-electron chi connectivity index (χ3n) is 3.98. The van der Waals surface area contributed by atoms with Gasteiger partial charge in [-0.05, 0) is 50.9 Å². The third-order valence-corrected chi connectivity index (χ3v) is 3.98. The van der Waals surface area contributed by atoms with Crippen molar-refractivity contribution < 1.29 is 9.53 Å². The zero-order valence-corrected chi connectivity index (χ0v) is 12.9. The smallest absolute Gasteiger partial charge is 0.416 e. The van der Waals surface area contributed by atoms with Crippen molar-refractivity contribution in [2.24, 2.45) is 0 Å². The Morgan fingerprint density at radius 2 is 2.05 bits per heavy atom. The predicted octanol–water partition coefficient (Wildman–Crippen LogP) is 2.11. The van der Waals surface area contributed by atoms with Gasteiger partial charge in [0.2, 0.25) is 0 Å². The molecular weight excluding hydrogens is 254 g/mol. The monoisotopic (exact) mass is 277 g/mol. The number of aromatic nitrogens is 1. The minimum absolute atomic E-state index is 0.111. The molecule has 2 heterocycles. The van der Waals surface area contributed by atoms with Crippen molar-refractivity contribution >= 4 is 11.9 Å². The lowest BCUT2D eigenvalue weighted by molar-refractivity contribution is 0.141. The fourth-order valence-electron chi connectivity index (χ4n) is 2.79. The Labute approximate surface area is 120 Å². The first-order valence-electron chi connectivity index (χ1n) is 7.09. The highest BCUT2D eigenvalue weighted by Crippen LogP contribution is 2.28. The van der Waals surface area contributed by atoms with Gasteiger partial charge in [0.15, 0.2) is 0 Å². The number of carbonyl (C=O) groups excluding carboxylic acids is 1. The normalized spacial score (nSPS) is 18.6. The molecular formula is C15H23N3O2. The number of hydrogen-bond acceptors (Lipinski definition) is 4. The van der Waals surface area contributed by atoms with Gasteiger partial charge in [0, 0.05) is 12.2 Å². The number of likely N-dealkylation sites (N-methyl/N-ethyl adjacent to an activating group) is 1. The molecule has 0 bridgehead atoms. The Kier molecular flexibility index (Phi) is 4.28. The van der Waals surface area contributed by atoms with Crippen molar-refractivity contribution in [2.75, 3.05) is 25.0 Å². The summed E-state index contributed by atoms with van der Waals surface area (Å²) in [5, 5.41) is 3.03. The molecule has 1 amide bonds. The van der Waals surface area contributed by atoms with Gasteiger partial charge in [-0.1, -0.05) is 6.92 Å².